The van der Waals surface area contributed by atoms with E-state index in [2.05, 4.69) is 37.9 Å². The molecular weight excluding hydrogens is 633 g/mol. The molecule has 0 unspecified atom stereocenters. The highest BCUT2D eigenvalue weighted by molar-refractivity contribution is 6.32. The topological polar surface area (TPSA) is 171 Å². The van der Waals surface area contributed by atoms with E-state index >= 15 is 0 Å². The quantitative estimate of drug-likeness (QED) is 0.0379. The largest absolute Gasteiger partial charge is 0.447 e. The van der Waals surface area contributed by atoms with E-state index in [-0.39, 0.29) is 18.3 Å². The number of aromatic nitrogens is 2. The molecule has 0 bridgehead atoms. The highest BCUT2D eigenvalue weighted by atomic mass is 35.5. The number of benzene rings is 3. The van der Waals surface area contributed by atoms with Gasteiger partial charge >= 0.3 is 12.1 Å². The van der Waals surface area contributed by atoms with Gasteiger partial charge in [-0.05, 0) is 47.9 Å². The van der Waals surface area contributed by atoms with Crippen molar-refractivity contribution < 1.29 is 19.1 Å². The maximum atomic E-state index is 13.2. The number of carbonyl (C=O) groups excluding carboxylic acids is 2. The summed E-state index contributed by atoms with van der Waals surface area (Å²) in [6.07, 6.45) is 1.12. The summed E-state index contributed by atoms with van der Waals surface area (Å²) >= 11 is 12.8. The van der Waals surface area contributed by atoms with E-state index < -0.39 is 18.2 Å². The Morgan fingerprint density at radius 1 is 1.11 bits per heavy atom. The Balaban J connectivity index is 1.50. The minimum atomic E-state index is -0.594. The molecule has 4 rings (SSSR count). The Kier molecular flexibility index (Phi) is 12.5. The van der Waals surface area contributed by atoms with Crippen LogP contribution in [0.5, 0.6) is 0 Å². The number of hydrazine groups is 1. The minimum Gasteiger partial charge on any atom is -0.447 e. The van der Waals surface area contributed by atoms with E-state index in [0.29, 0.717) is 52.1 Å². The maximum Gasteiger partial charge on any atom is 0.411 e. The van der Waals surface area contributed by atoms with E-state index in [1.165, 1.54) is 18.5 Å². The minimum absolute atomic E-state index is 0.104. The average Bonchev–Trinajstić information content (AvgIpc) is 3.44. The van der Waals surface area contributed by atoms with E-state index in [1.807, 2.05) is 30.3 Å². The number of halogens is 2. The van der Waals surface area contributed by atoms with Crippen LogP contribution in [0.3, 0.4) is 0 Å². The molecule has 4 aromatic rings. The normalized spacial score (nSPS) is 11.6. The summed E-state index contributed by atoms with van der Waals surface area (Å²) in [5.41, 5.74) is 3.89. The molecule has 0 saturated carbocycles. The first-order chi connectivity index (χ1) is 22.3. The van der Waals surface area contributed by atoms with Gasteiger partial charge in [0, 0.05) is 36.6 Å². The fraction of sp³-hybridized carbons (Fsp3) is 0.194. The lowest BCUT2D eigenvalue weighted by Gasteiger charge is -2.20. The number of carbonyl (C=O) groups is 2. The van der Waals surface area contributed by atoms with Crippen LogP contribution in [0.2, 0.25) is 10.2 Å². The number of methoxy groups -OCH3 is 1. The number of H-pyrrole nitrogens is 1. The smallest absolute Gasteiger partial charge is 0.411 e. The van der Waals surface area contributed by atoms with Crippen LogP contribution >= 0.6 is 23.2 Å². The van der Waals surface area contributed by atoms with Crippen molar-refractivity contribution in [2.45, 2.75) is 19.0 Å². The maximum absolute atomic E-state index is 13.2. The van der Waals surface area contributed by atoms with Crippen LogP contribution in [-0.2, 0) is 22.4 Å². The number of amides is 3. The van der Waals surface area contributed by atoms with E-state index in [4.69, 9.17) is 43.5 Å². The van der Waals surface area contributed by atoms with Gasteiger partial charge in [0.2, 0.25) is 0 Å². The molecule has 15 heteroatoms. The number of hydrogen-bond acceptors (Lipinski definition) is 8. The summed E-state index contributed by atoms with van der Waals surface area (Å²) in [6, 6.07) is 20.6. The van der Waals surface area contributed by atoms with Crippen molar-refractivity contribution in [1.82, 2.24) is 20.6 Å². The van der Waals surface area contributed by atoms with Gasteiger partial charge in [0.15, 0.2) is 0 Å². The molecule has 1 heterocycles. The zero-order chi connectivity index (χ0) is 32.9. The molecular formula is C31H33Cl2N9O4. The third kappa shape index (κ3) is 9.78. The first-order valence-electron chi connectivity index (χ1n) is 14.0. The molecule has 0 fully saturated rings. The van der Waals surface area contributed by atoms with E-state index in [1.54, 1.807) is 42.5 Å². The summed E-state index contributed by atoms with van der Waals surface area (Å²) in [4.78, 5) is 33.0. The molecule has 0 aliphatic rings. The first kappa shape index (κ1) is 33.9. The number of aromatic amines is 1. The summed E-state index contributed by atoms with van der Waals surface area (Å²) in [5.74, 6) is 6.52. The average molecular weight is 667 g/mol. The lowest BCUT2D eigenvalue weighted by Crippen LogP contribution is -2.39. The number of nitrogens with one attached hydrogen (secondary N) is 4. The molecule has 13 nitrogen and oxygen atoms in total. The predicted octanol–water partition coefficient (Wildman–Crippen LogP) is 5.69. The molecule has 3 aromatic carbocycles. The van der Waals surface area contributed by atoms with Crippen LogP contribution in [0, 0.1) is 0 Å². The Morgan fingerprint density at radius 2 is 1.87 bits per heavy atom. The van der Waals surface area contributed by atoms with Gasteiger partial charge < -0.3 is 25.1 Å². The number of urea groups is 1. The summed E-state index contributed by atoms with van der Waals surface area (Å²) in [6.45, 7) is 3.84. The molecule has 240 valence electrons. The standard InChI is InChI=1S/C31H33Cl2N9O4/c1-35-37-19-42(34)26-13-10-23(32)17-22(26)18-36-30(43)39-25(16-20-6-4-3-5-7-20)29-40-27(28(33)41-29)21-8-11-24(12-9-21)38-31(44)46-15-14-45-2/h3-13,17,19,25H,1,14-16,18,34H2,2H3,(H,38,44)(H,40,41)(H2,36,39,43)/b37-19-/t25-/m0/s1. The molecule has 0 aliphatic carbocycles. The monoisotopic (exact) mass is 665 g/mol. The van der Waals surface area contributed by atoms with Crippen LogP contribution in [-0.4, -0.2) is 55.5 Å². The van der Waals surface area contributed by atoms with Crippen molar-refractivity contribution in [1.29, 1.82) is 0 Å². The van der Waals surface area contributed by atoms with Gasteiger partial charge in [-0.1, -0.05) is 65.7 Å². The summed E-state index contributed by atoms with van der Waals surface area (Å²) in [5, 5.41) is 17.6. The molecule has 6 N–H and O–H groups in total. The lowest BCUT2D eigenvalue weighted by molar-refractivity contribution is 0.107. The Bertz CT molecular complexity index is 1650. The van der Waals surface area contributed by atoms with Crippen LogP contribution in [0.1, 0.15) is 23.0 Å². The van der Waals surface area contributed by atoms with E-state index in [0.717, 1.165) is 5.56 Å². The Morgan fingerprint density at radius 3 is 2.59 bits per heavy atom. The number of anilines is 2. The third-order valence-electron chi connectivity index (χ3n) is 6.54. The molecule has 3 amide bonds. The molecule has 1 aromatic heterocycles. The molecule has 0 aliphatic heterocycles. The van der Waals surface area contributed by atoms with Gasteiger partial charge in [-0.15, -0.1) is 5.10 Å². The number of rotatable bonds is 14. The van der Waals surface area contributed by atoms with Crippen LogP contribution < -0.4 is 26.8 Å². The number of hydrogen-bond donors (Lipinski definition) is 5. The highest BCUT2D eigenvalue weighted by Gasteiger charge is 2.22. The molecule has 0 radical (unpaired) electrons. The van der Waals surface area contributed by atoms with Crippen molar-refractivity contribution >= 4 is 59.8 Å². The third-order valence-corrected chi connectivity index (χ3v) is 7.05. The SMILES string of the molecule is C=N/N=C\N(N)c1ccc(Cl)cc1CNC(=O)N[C@@H](Cc1ccccc1)c1nc(-c2ccc(NC(=O)OCCOC)cc2)c(Cl)[nH]1. The summed E-state index contributed by atoms with van der Waals surface area (Å²) < 4.78 is 9.91. The zero-order valence-corrected chi connectivity index (χ0v) is 26.4. The fourth-order valence-corrected chi connectivity index (χ4v) is 4.80. The second-order valence-corrected chi connectivity index (χ2v) is 10.6. The predicted molar refractivity (Wildman–Crippen MR) is 180 cm³/mol. The van der Waals surface area contributed by atoms with Crippen molar-refractivity contribution in [3.05, 3.63) is 99.9 Å². The molecule has 1 atom stereocenters. The van der Waals surface area contributed by atoms with Crippen molar-refractivity contribution in [3.8, 4) is 11.3 Å². The van der Waals surface area contributed by atoms with E-state index in [9.17, 15) is 9.59 Å². The van der Waals surface area contributed by atoms with Gasteiger partial charge in [0.1, 0.15) is 29.6 Å². The number of nitrogens with zero attached hydrogens (tertiary/aromatic N) is 4. The first-order valence-corrected chi connectivity index (χ1v) is 14.7. The highest BCUT2D eigenvalue weighted by Crippen LogP contribution is 2.30. The molecule has 0 saturated heterocycles. The van der Waals surface area contributed by atoms with Gasteiger partial charge in [0.05, 0.1) is 18.3 Å². The number of ether oxygens (including phenoxy) is 2. The van der Waals surface area contributed by atoms with Gasteiger partial charge in [-0.2, -0.15) is 5.10 Å². The zero-order valence-electron chi connectivity index (χ0n) is 24.9. The fourth-order valence-electron chi connectivity index (χ4n) is 4.36. The van der Waals surface area contributed by atoms with Gasteiger partial charge in [-0.3, -0.25) is 10.3 Å². The summed E-state index contributed by atoms with van der Waals surface area (Å²) in [7, 11) is 1.52. The van der Waals surface area contributed by atoms with Crippen molar-refractivity contribution in [2.75, 3.05) is 30.6 Å². The molecule has 46 heavy (non-hydrogen) atoms. The van der Waals surface area contributed by atoms with Crippen LogP contribution in [0.4, 0.5) is 21.0 Å². The Hall–Kier alpha value is -4.95. The molecule has 0 spiro atoms. The van der Waals surface area contributed by atoms with Crippen LogP contribution in [0.25, 0.3) is 11.3 Å². The number of nitrogens with two attached hydrogens (primary N) is 1. The van der Waals surface area contributed by atoms with Crippen molar-refractivity contribution in [2.24, 2.45) is 16.0 Å². The van der Waals surface area contributed by atoms with Gasteiger partial charge in [-0.25, -0.2) is 20.4 Å². The second kappa shape index (κ2) is 16.9. The van der Waals surface area contributed by atoms with Crippen molar-refractivity contribution in [3.63, 3.8) is 0 Å². The number of imidazole rings is 1. The van der Waals surface area contributed by atoms with Crippen LogP contribution in [0.15, 0.2) is 83.0 Å². The Labute approximate surface area is 275 Å². The van der Waals surface area contributed by atoms with Gasteiger partial charge in [0.25, 0.3) is 0 Å². The lowest BCUT2D eigenvalue weighted by atomic mass is 10.1. The second-order valence-electron chi connectivity index (χ2n) is 9.74.